The van der Waals surface area contributed by atoms with Gasteiger partial charge in [0.1, 0.15) is 0 Å². The molecule has 0 aromatic heterocycles. The first kappa shape index (κ1) is 15.0. The molecule has 18 heavy (non-hydrogen) atoms. The Hall–Kier alpha value is -1.10. The minimum absolute atomic E-state index is 0.0589. The van der Waals surface area contributed by atoms with E-state index >= 15 is 0 Å². The van der Waals surface area contributed by atoms with Crippen LogP contribution in [0.4, 0.5) is 0 Å². The molecule has 1 rings (SSSR count). The fraction of sp³-hybridized carbons (Fsp3) is 0.846. The molecule has 1 aliphatic rings. The highest BCUT2D eigenvalue weighted by atomic mass is 16.4. The summed E-state index contributed by atoms with van der Waals surface area (Å²) in [6, 6.07) is 0. The monoisotopic (exact) mass is 257 g/mol. The number of carboxylic acids is 1. The van der Waals surface area contributed by atoms with Crippen molar-refractivity contribution in [2.75, 3.05) is 13.1 Å². The topological polar surface area (TPSA) is 77.8 Å². The lowest BCUT2D eigenvalue weighted by atomic mass is 9.90. The van der Waals surface area contributed by atoms with Crippen molar-refractivity contribution in [1.82, 2.24) is 4.90 Å². The quantitative estimate of drug-likeness (QED) is 0.790. The van der Waals surface area contributed by atoms with Crippen LogP contribution in [0.15, 0.2) is 0 Å². The molecule has 1 atom stereocenters. The van der Waals surface area contributed by atoms with E-state index in [1.807, 2.05) is 6.92 Å². The van der Waals surface area contributed by atoms with Crippen LogP contribution in [0, 0.1) is 11.8 Å². The fourth-order valence-corrected chi connectivity index (χ4v) is 1.98. The van der Waals surface area contributed by atoms with Crippen molar-refractivity contribution in [3.8, 4) is 0 Å². The zero-order valence-electron chi connectivity index (χ0n) is 11.3. The molecule has 0 spiro atoms. The van der Waals surface area contributed by atoms with Gasteiger partial charge in [0.05, 0.1) is 0 Å². The molecule has 0 aromatic rings. The van der Waals surface area contributed by atoms with Crippen LogP contribution >= 0.6 is 0 Å². The first-order valence-electron chi connectivity index (χ1n) is 6.50. The van der Waals surface area contributed by atoms with Crippen LogP contribution in [0.3, 0.4) is 0 Å². The maximum absolute atomic E-state index is 12.0. The smallest absolute Gasteiger partial charge is 0.335 e. The summed E-state index contributed by atoms with van der Waals surface area (Å²) in [5.41, 5.74) is -1.65. The molecule has 0 aliphatic carbocycles. The number of hydrogen-bond acceptors (Lipinski definition) is 3. The Labute approximate surface area is 108 Å². The first-order valence-corrected chi connectivity index (χ1v) is 6.50. The van der Waals surface area contributed by atoms with Crippen LogP contribution in [0.1, 0.15) is 40.0 Å². The van der Waals surface area contributed by atoms with Gasteiger partial charge in [-0.3, -0.25) is 4.79 Å². The molecule has 0 aromatic carbocycles. The minimum Gasteiger partial charge on any atom is -0.479 e. The number of rotatable bonds is 4. The van der Waals surface area contributed by atoms with Gasteiger partial charge in [0.15, 0.2) is 5.60 Å². The van der Waals surface area contributed by atoms with Crippen molar-refractivity contribution in [2.45, 2.75) is 45.6 Å². The molecule has 1 unspecified atom stereocenters. The van der Waals surface area contributed by atoms with Crippen LogP contribution in [0.25, 0.3) is 0 Å². The van der Waals surface area contributed by atoms with Crippen molar-refractivity contribution >= 4 is 11.9 Å². The standard InChI is InChI=1S/C13H23NO4/c1-9(2)10(3)8-11(15)14-6-4-13(18,5-7-14)12(16)17/h9-10,18H,4-8H2,1-3H3,(H,16,17). The Kier molecular flexibility index (Phi) is 4.73. The molecule has 2 N–H and O–H groups in total. The second-order valence-corrected chi connectivity index (χ2v) is 5.64. The van der Waals surface area contributed by atoms with E-state index in [0.717, 1.165) is 0 Å². The summed E-state index contributed by atoms with van der Waals surface area (Å²) in [6.07, 6.45) is 0.720. The minimum atomic E-state index is -1.65. The lowest BCUT2D eigenvalue weighted by molar-refractivity contribution is -0.165. The van der Waals surface area contributed by atoms with Gasteiger partial charge in [-0.2, -0.15) is 0 Å². The number of carboxylic acid groups (broad SMARTS) is 1. The molecule has 1 saturated heterocycles. The number of hydrogen-bond donors (Lipinski definition) is 2. The van der Waals surface area contributed by atoms with E-state index in [4.69, 9.17) is 5.11 Å². The number of nitrogens with zero attached hydrogens (tertiary/aromatic N) is 1. The number of amides is 1. The highest BCUT2D eigenvalue weighted by molar-refractivity contribution is 5.79. The molecule has 5 nitrogen and oxygen atoms in total. The second-order valence-electron chi connectivity index (χ2n) is 5.64. The maximum Gasteiger partial charge on any atom is 0.335 e. The number of carbonyl (C=O) groups is 2. The van der Waals surface area contributed by atoms with E-state index in [2.05, 4.69) is 13.8 Å². The molecule has 1 heterocycles. The van der Waals surface area contributed by atoms with Gasteiger partial charge in [0.25, 0.3) is 0 Å². The van der Waals surface area contributed by atoms with Gasteiger partial charge in [-0.1, -0.05) is 20.8 Å². The van der Waals surface area contributed by atoms with Crippen LogP contribution in [-0.4, -0.2) is 45.7 Å². The summed E-state index contributed by atoms with van der Waals surface area (Å²) >= 11 is 0. The largest absolute Gasteiger partial charge is 0.479 e. The van der Waals surface area contributed by atoms with E-state index in [9.17, 15) is 14.7 Å². The Balaban J connectivity index is 2.48. The number of aliphatic carboxylic acids is 1. The lowest BCUT2D eigenvalue weighted by Crippen LogP contribution is -2.51. The van der Waals surface area contributed by atoms with Crippen molar-refractivity contribution in [1.29, 1.82) is 0 Å². The average molecular weight is 257 g/mol. The fourth-order valence-electron chi connectivity index (χ4n) is 1.98. The van der Waals surface area contributed by atoms with Gasteiger partial charge in [-0.05, 0) is 11.8 Å². The zero-order valence-corrected chi connectivity index (χ0v) is 11.3. The Morgan fingerprint density at radius 3 is 2.11 bits per heavy atom. The molecule has 0 bridgehead atoms. The number of carbonyl (C=O) groups excluding carboxylic acids is 1. The number of piperidine rings is 1. The first-order chi connectivity index (χ1) is 8.26. The van der Waals surface area contributed by atoms with Gasteiger partial charge in [-0.15, -0.1) is 0 Å². The van der Waals surface area contributed by atoms with Gasteiger partial charge in [0.2, 0.25) is 5.91 Å². The van der Waals surface area contributed by atoms with Gasteiger partial charge in [0, 0.05) is 32.4 Å². The highest BCUT2D eigenvalue weighted by Crippen LogP contribution is 2.24. The molecule has 104 valence electrons. The van der Waals surface area contributed by atoms with Crippen molar-refractivity contribution < 1.29 is 19.8 Å². The summed E-state index contributed by atoms with van der Waals surface area (Å²) < 4.78 is 0. The third-order valence-corrected chi connectivity index (χ3v) is 3.98. The summed E-state index contributed by atoms with van der Waals surface area (Å²) in [7, 11) is 0. The Morgan fingerprint density at radius 1 is 1.22 bits per heavy atom. The molecule has 0 radical (unpaired) electrons. The van der Waals surface area contributed by atoms with Crippen molar-refractivity contribution in [3.05, 3.63) is 0 Å². The summed E-state index contributed by atoms with van der Waals surface area (Å²) in [5, 5.41) is 18.7. The molecule has 0 saturated carbocycles. The normalized spacial score (nSPS) is 20.8. The third kappa shape index (κ3) is 3.45. The Morgan fingerprint density at radius 2 is 1.72 bits per heavy atom. The molecule has 1 fully saturated rings. The van der Waals surface area contributed by atoms with Crippen LogP contribution in [0.2, 0.25) is 0 Å². The highest BCUT2D eigenvalue weighted by Gasteiger charge is 2.40. The number of likely N-dealkylation sites (tertiary alicyclic amines) is 1. The average Bonchev–Trinajstić information content (AvgIpc) is 2.29. The van der Waals surface area contributed by atoms with Crippen LogP contribution in [-0.2, 0) is 9.59 Å². The molecular weight excluding hydrogens is 234 g/mol. The van der Waals surface area contributed by atoms with Gasteiger partial charge in [-0.25, -0.2) is 4.79 Å². The van der Waals surface area contributed by atoms with E-state index in [0.29, 0.717) is 31.3 Å². The molecule has 5 heteroatoms. The lowest BCUT2D eigenvalue weighted by Gasteiger charge is -2.36. The van der Waals surface area contributed by atoms with Crippen molar-refractivity contribution in [3.63, 3.8) is 0 Å². The summed E-state index contributed by atoms with van der Waals surface area (Å²) in [5.74, 6) is -0.360. The van der Waals surface area contributed by atoms with E-state index in [1.165, 1.54) is 0 Å². The molecule has 1 amide bonds. The predicted octanol–water partition coefficient (Wildman–Crippen LogP) is 1.11. The summed E-state index contributed by atoms with van der Waals surface area (Å²) in [4.78, 5) is 24.5. The SMILES string of the molecule is CC(C)C(C)CC(=O)N1CCC(O)(C(=O)O)CC1. The molecular formula is C13H23NO4. The van der Waals surface area contributed by atoms with Gasteiger partial charge >= 0.3 is 5.97 Å². The van der Waals surface area contributed by atoms with Crippen molar-refractivity contribution in [2.24, 2.45) is 11.8 Å². The van der Waals surface area contributed by atoms with Crippen LogP contribution < -0.4 is 0 Å². The number of aliphatic hydroxyl groups is 1. The molecule has 1 aliphatic heterocycles. The maximum atomic E-state index is 12.0. The van der Waals surface area contributed by atoms with E-state index in [-0.39, 0.29) is 18.7 Å². The van der Waals surface area contributed by atoms with E-state index < -0.39 is 11.6 Å². The Bertz CT molecular complexity index is 319. The van der Waals surface area contributed by atoms with Gasteiger partial charge < -0.3 is 15.1 Å². The summed E-state index contributed by atoms with van der Waals surface area (Å²) in [6.45, 7) is 6.85. The predicted molar refractivity (Wildman–Crippen MR) is 67.0 cm³/mol. The second kappa shape index (κ2) is 5.69. The van der Waals surface area contributed by atoms with Crippen LogP contribution in [0.5, 0.6) is 0 Å². The third-order valence-electron chi connectivity index (χ3n) is 3.98. The zero-order chi connectivity index (χ0) is 13.9. The van der Waals surface area contributed by atoms with E-state index in [1.54, 1.807) is 4.90 Å².